The summed E-state index contributed by atoms with van der Waals surface area (Å²) in [5, 5.41) is 2.55. The van der Waals surface area contributed by atoms with Gasteiger partial charge in [-0.25, -0.2) is 13.1 Å². The molecule has 0 aromatic heterocycles. The zero-order valence-electron chi connectivity index (χ0n) is 12.4. The second kappa shape index (κ2) is 7.17. The highest BCUT2D eigenvalue weighted by Gasteiger charge is 2.14. The molecule has 0 bridgehead atoms. The predicted octanol–water partition coefficient (Wildman–Crippen LogP) is 1.81. The van der Waals surface area contributed by atoms with Crippen molar-refractivity contribution in [2.24, 2.45) is 0 Å². The Morgan fingerprint density at radius 3 is 2.13 bits per heavy atom. The molecule has 0 unspecified atom stereocenters. The maximum Gasteiger partial charge on any atom is 0.241 e. The molecule has 2 N–H and O–H groups in total. The Labute approximate surface area is 134 Å². The average molecular weight is 332 g/mol. The maximum atomic E-state index is 12.0. The molecule has 0 radical (unpaired) electrons. The van der Waals surface area contributed by atoms with Gasteiger partial charge in [-0.3, -0.25) is 9.59 Å². The van der Waals surface area contributed by atoms with Crippen LogP contribution in [0, 0.1) is 0 Å². The van der Waals surface area contributed by atoms with Crippen LogP contribution in [-0.4, -0.2) is 26.7 Å². The fraction of sp³-hybridized carbons (Fsp3) is 0.125. The van der Waals surface area contributed by atoms with E-state index in [1.54, 1.807) is 42.5 Å². The van der Waals surface area contributed by atoms with E-state index in [1.165, 1.54) is 19.1 Å². The Balaban J connectivity index is 1.94. The minimum Gasteiger partial charge on any atom is -0.325 e. The fourth-order valence-electron chi connectivity index (χ4n) is 1.84. The molecule has 2 aromatic rings. The predicted molar refractivity (Wildman–Crippen MR) is 86.7 cm³/mol. The van der Waals surface area contributed by atoms with Crippen LogP contribution in [0.25, 0.3) is 0 Å². The summed E-state index contributed by atoms with van der Waals surface area (Å²) in [6.07, 6.45) is 0. The molecule has 0 heterocycles. The van der Waals surface area contributed by atoms with Crippen LogP contribution >= 0.6 is 0 Å². The number of amides is 1. The molecule has 0 fully saturated rings. The quantitative estimate of drug-likeness (QED) is 0.789. The Bertz CT molecular complexity index is 800. The molecule has 6 nitrogen and oxygen atoms in total. The fourth-order valence-corrected chi connectivity index (χ4v) is 2.84. The molecule has 0 atom stereocenters. The highest BCUT2D eigenvalue weighted by atomic mass is 32.2. The lowest BCUT2D eigenvalue weighted by molar-refractivity contribution is -0.115. The minimum absolute atomic E-state index is 0.0708. The van der Waals surface area contributed by atoms with Crippen LogP contribution in [0.1, 0.15) is 17.3 Å². The van der Waals surface area contributed by atoms with Crippen molar-refractivity contribution in [1.82, 2.24) is 4.72 Å². The minimum atomic E-state index is -3.72. The Hall–Kier alpha value is -2.51. The van der Waals surface area contributed by atoms with Crippen molar-refractivity contribution in [3.63, 3.8) is 0 Å². The monoisotopic (exact) mass is 332 g/mol. The van der Waals surface area contributed by atoms with E-state index in [-0.39, 0.29) is 17.2 Å². The molecule has 0 aliphatic rings. The van der Waals surface area contributed by atoms with Gasteiger partial charge in [0.2, 0.25) is 15.9 Å². The van der Waals surface area contributed by atoms with Gasteiger partial charge in [-0.2, -0.15) is 0 Å². The molecule has 2 rings (SSSR count). The number of carbonyl (C=O) groups excluding carboxylic acids is 2. The van der Waals surface area contributed by atoms with E-state index in [0.29, 0.717) is 11.3 Å². The van der Waals surface area contributed by atoms with Gasteiger partial charge in [-0.15, -0.1) is 0 Å². The summed E-state index contributed by atoms with van der Waals surface area (Å²) >= 11 is 0. The van der Waals surface area contributed by atoms with Crippen molar-refractivity contribution in [1.29, 1.82) is 0 Å². The summed E-state index contributed by atoms with van der Waals surface area (Å²) in [7, 11) is -3.72. The van der Waals surface area contributed by atoms with Crippen LogP contribution in [0.2, 0.25) is 0 Å². The number of anilines is 1. The van der Waals surface area contributed by atoms with E-state index in [1.807, 2.05) is 0 Å². The second-order valence-corrected chi connectivity index (χ2v) is 6.59. The van der Waals surface area contributed by atoms with Gasteiger partial charge in [0.1, 0.15) is 0 Å². The number of benzene rings is 2. The molecule has 0 aliphatic carbocycles. The Morgan fingerprint density at radius 2 is 1.57 bits per heavy atom. The topological polar surface area (TPSA) is 92.3 Å². The molecule has 7 heteroatoms. The molecule has 2 aromatic carbocycles. The highest BCUT2D eigenvalue weighted by molar-refractivity contribution is 7.89. The zero-order chi connectivity index (χ0) is 16.9. The summed E-state index contributed by atoms with van der Waals surface area (Å²) in [5.41, 5.74) is 1.02. The molecule has 1 amide bonds. The summed E-state index contributed by atoms with van der Waals surface area (Å²) in [5.74, 6) is -0.571. The highest BCUT2D eigenvalue weighted by Crippen LogP contribution is 2.10. The number of ketones is 1. The first-order valence-electron chi connectivity index (χ1n) is 6.84. The SMILES string of the molecule is CC(=O)c1ccc(NC(=O)CNS(=O)(=O)c2ccccc2)cc1. The van der Waals surface area contributed by atoms with E-state index in [0.717, 1.165) is 0 Å². The molecule has 0 spiro atoms. The lowest BCUT2D eigenvalue weighted by Crippen LogP contribution is -2.32. The van der Waals surface area contributed by atoms with Crippen LogP contribution in [-0.2, 0) is 14.8 Å². The lowest BCUT2D eigenvalue weighted by Gasteiger charge is -2.08. The van der Waals surface area contributed by atoms with E-state index < -0.39 is 15.9 Å². The summed E-state index contributed by atoms with van der Waals surface area (Å²) < 4.78 is 26.2. The van der Waals surface area contributed by atoms with Gasteiger partial charge in [0, 0.05) is 11.3 Å². The third-order valence-corrected chi connectivity index (χ3v) is 4.47. The number of nitrogens with one attached hydrogen (secondary N) is 2. The van der Waals surface area contributed by atoms with Crippen LogP contribution < -0.4 is 10.0 Å². The number of hydrogen-bond donors (Lipinski definition) is 2. The summed E-state index contributed by atoms with van der Waals surface area (Å²) in [4.78, 5) is 23.1. The van der Waals surface area contributed by atoms with E-state index in [4.69, 9.17) is 0 Å². The van der Waals surface area contributed by atoms with Gasteiger partial charge < -0.3 is 5.32 Å². The van der Waals surface area contributed by atoms with Crippen molar-refractivity contribution < 1.29 is 18.0 Å². The van der Waals surface area contributed by atoms with Crippen LogP contribution in [0.4, 0.5) is 5.69 Å². The molecular weight excluding hydrogens is 316 g/mol. The number of hydrogen-bond acceptors (Lipinski definition) is 4. The molecule has 0 saturated carbocycles. The van der Waals surface area contributed by atoms with Crippen LogP contribution in [0.3, 0.4) is 0 Å². The van der Waals surface area contributed by atoms with Gasteiger partial charge in [0.05, 0.1) is 11.4 Å². The first-order valence-corrected chi connectivity index (χ1v) is 8.32. The largest absolute Gasteiger partial charge is 0.325 e. The molecule has 0 saturated heterocycles. The van der Waals surface area contributed by atoms with Crippen molar-refractivity contribution in [3.8, 4) is 0 Å². The Kier molecular flexibility index (Phi) is 5.25. The molecule has 0 aliphatic heterocycles. The summed E-state index contributed by atoms with van der Waals surface area (Å²) in [6, 6.07) is 14.1. The number of Topliss-reactive ketones (excluding diaryl/α,β-unsaturated/α-hetero) is 1. The number of carbonyl (C=O) groups is 2. The van der Waals surface area contributed by atoms with Crippen LogP contribution in [0.5, 0.6) is 0 Å². The van der Waals surface area contributed by atoms with E-state index >= 15 is 0 Å². The van der Waals surface area contributed by atoms with E-state index in [9.17, 15) is 18.0 Å². The average Bonchev–Trinajstić information content (AvgIpc) is 2.54. The van der Waals surface area contributed by atoms with Crippen LogP contribution in [0.15, 0.2) is 59.5 Å². The molecular formula is C16H16N2O4S. The van der Waals surface area contributed by atoms with Gasteiger partial charge in [-0.1, -0.05) is 18.2 Å². The van der Waals surface area contributed by atoms with Gasteiger partial charge in [0.25, 0.3) is 0 Å². The number of rotatable bonds is 6. The van der Waals surface area contributed by atoms with Crippen molar-refractivity contribution in [2.75, 3.05) is 11.9 Å². The van der Waals surface area contributed by atoms with Crippen molar-refractivity contribution in [3.05, 3.63) is 60.2 Å². The van der Waals surface area contributed by atoms with Crippen molar-refractivity contribution in [2.45, 2.75) is 11.8 Å². The third kappa shape index (κ3) is 4.73. The molecule has 23 heavy (non-hydrogen) atoms. The van der Waals surface area contributed by atoms with Crippen molar-refractivity contribution >= 4 is 27.4 Å². The zero-order valence-corrected chi connectivity index (χ0v) is 13.3. The second-order valence-electron chi connectivity index (χ2n) is 4.82. The normalized spacial score (nSPS) is 11.0. The number of sulfonamides is 1. The smallest absolute Gasteiger partial charge is 0.241 e. The first-order chi connectivity index (χ1) is 10.9. The van der Waals surface area contributed by atoms with Gasteiger partial charge in [0.15, 0.2) is 5.78 Å². The molecule has 120 valence electrons. The lowest BCUT2D eigenvalue weighted by atomic mass is 10.1. The maximum absolute atomic E-state index is 12.0. The van der Waals surface area contributed by atoms with E-state index in [2.05, 4.69) is 10.0 Å². The first kappa shape index (κ1) is 16.9. The standard InChI is InChI=1S/C16H16N2O4S/c1-12(19)13-7-9-14(10-8-13)18-16(20)11-17-23(21,22)15-5-3-2-4-6-15/h2-10,17H,11H2,1H3,(H,18,20). The Morgan fingerprint density at radius 1 is 0.957 bits per heavy atom. The summed E-state index contributed by atoms with van der Waals surface area (Å²) in [6.45, 7) is 1.07. The van der Waals surface area contributed by atoms with Gasteiger partial charge >= 0.3 is 0 Å². The van der Waals surface area contributed by atoms with Gasteiger partial charge in [-0.05, 0) is 43.3 Å². The third-order valence-electron chi connectivity index (χ3n) is 3.05.